The summed E-state index contributed by atoms with van der Waals surface area (Å²) in [6.07, 6.45) is 2.41. The van der Waals surface area contributed by atoms with Gasteiger partial charge in [-0.25, -0.2) is 0 Å². The van der Waals surface area contributed by atoms with Gasteiger partial charge < -0.3 is 24.7 Å². The number of aromatic nitrogens is 5. The maximum absolute atomic E-state index is 6.09. The maximum Gasteiger partial charge on any atom is 0.259 e. The molecule has 4 aromatic rings. The standard InChI is InChI=1S/C21H26N8O2/c1-27(12-14-30-3)16-8-6-15(7-9-16)10-11-28(2)20-24-19(22)29-21(25-20)23-18(26-29)17-5-4-13-31-17/h4-9,13H,10-12,14H2,1-3H3,(H2,22,23,24,25,26). The number of ether oxygens (including phenoxy) is 1. The lowest BCUT2D eigenvalue weighted by Crippen LogP contribution is -2.24. The van der Waals surface area contributed by atoms with E-state index in [-0.39, 0.29) is 5.95 Å². The number of hydrogen-bond acceptors (Lipinski definition) is 9. The van der Waals surface area contributed by atoms with Gasteiger partial charge in [0.2, 0.25) is 17.7 Å². The van der Waals surface area contributed by atoms with Crippen molar-refractivity contribution in [2.24, 2.45) is 0 Å². The van der Waals surface area contributed by atoms with Crippen molar-refractivity contribution in [2.45, 2.75) is 6.42 Å². The molecule has 0 atom stereocenters. The number of likely N-dealkylation sites (N-methyl/N-ethyl adjacent to an activating group) is 2. The Morgan fingerprint density at radius 1 is 1.03 bits per heavy atom. The van der Waals surface area contributed by atoms with Crippen molar-refractivity contribution < 1.29 is 9.15 Å². The largest absolute Gasteiger partial charge is 0.461 e. The lowest BCUT2D eigenvalue weighted by molar-refractivity contribution is 0.206. The van der Waals surface area contributed by atoms with E-state index in [9.17, 15) is 0 Å². The fraction of sp³-hybridized carbons (Fsp3) is 0.333. The Morgan fingerprint density at radius 2 is 1.84 bits per heavy atom. The van der Waals surface area contributed by atoms with Gasteiger partial charge in [0.25, 0.3) is 5.78 Å². The Kier molecular flexibility index (Phi) is 5.99. The summed E-state index contributed by atoms with van der Waals surface area (Å²) < 4.78 is 11.9. The van der Waals surface area contributed by atoms with Crippen LogP contribution < -0.4 is 15.5 Å². The summed E-state index contributed by atoms with van der Waals surface area (Å²) in [6, 6.07) is 12.1. The van der Waals surface area contributed by atoms with Crippen molar-refractivity contribution in [3.8, 4) is 11.6 Å². The van der Waals surface area contributed by atoms with Crippen LogP contribution in [-0.4, -0.2) is 65.5 Å². The zero-order valence-electron chi connectivity index (χ0n) is 17.9. The highest BCUT2D eigenvalue weighted by atomic mass is 16.5. The molecule has 0 saturated heterocycles. The summed E-state index contributed by atoms with van der Waals surface area (Å²) in [5.41, 5.74) is 8.48. The molecule has 162 valence electrons. The third-order valence-electron chi connectivity index (χ3n) is 5.05. The van der Waals surface area contributed by atoms with Crippen molar-refractivity contribution in [3.63, 3.8) is 0 Å². The molecule has 0 unspecified atom stereocenters. The maximum atomic E-state index is 6.09. The van der Waals surface area contributed by atoms with Crippen molar-refractivity contribution in [1.82, 2.24) is 24.6 Å². The van der Waals surface area contributed by atoms with Crippen LogP contribution in [0.25, 0.3) is 17.4 Å². The number of nitrogens with two attached hydrogens (primary N) is 1. The average molecular weight is 422 g/mol. The fourth-order valence-electron chi connectivity index (χ4n) is 3.15. The molecule has 3 heterocycles. The number of rotatable bonds is 9. The summed E-state index contributed by atoms with van der Waals surface area (Å²) in [5.74, 6) is 2.07. The first-order valence-corrected chi connectivity index (χ1v) is 9.99. The summed E-state index contributed by atoms with van der Waals surface area (Å²) in [4.78, 5) is 17.4. The van der Waals surface area contributed by atoms with Crippen LogP contribution in [0.4, 0.5) is 17.6 Å². The molecule has 0 bridgehead atoms. The molecule has 0 saturated carbocycles. The van der Waals surface area contributed by atoms with E-state index in [0.717, 1.165) is 25.2 Å². The molecular formula is C21H26N8O2. The third kappa shape index (κ3) is 4.58. The number of nitrogens with zero attached hydrogens (tertiary/aromatic N) is 7. The highest BCUT2D eigenvalue weighted by Gasteiger charge is 2.15. The Labute approximate surface area is 180 Å². The Balaban J connectivity index is 1.43. The molecule has 1 aromatic carbocycles. The van der Waals surface area contributed by atoms with E-state index in [1.54, 1.807) is 25.5 Å². The minimum Gasteiger partial charge on any atom is -0.461 e. The zero-order chi connectivity index (χ0) is 21.8. The molecule has 10 heteroatoms. The molecule has 0 aliphatic rings. The second-order valence-electron chi connectivity index (χ2n) is 7.26. The number of fused-ring (bicyclic) bond motifs is 1. The van der Waals surface area contributed by atoms with Crippen LogP contribution in [0.15, 0.2) is 47.1 Å². The molecule has 0 radical (unpaired) electrons. The average Bonchev–Trinajstić information content (AvgIpc) is 3.46. The van der Waals surface area contributed by atoms with Gasteiger partial charge in [-0.15, -0.1) is 5.10 Å². The van der Waals surface area contributed by atoms with Gasteiger partial charge >= 0.3 is 0 Å². The van der Waals surface area contributed by atoms with E-state index in [1.165, 1.54) is 10.1 Å². The second-order valence-corrected chi connectivity index (χ2v) is 7.26. The number of anilines is 3. The van der Waals surface area contributed by atoms with Crippen LogP contribution in [-0.2, 0) is 11.2 Å². The van der Waals surface area contributed by atoms with Crippen LogP contribution in [0.1, 0.15) is 5.56 Å². The predicted octanol–water partition coefficient (Wildman–Crippen LogP) is 2.12. The summed E-state index contributed by atoms with van der Waals surface area (Å²) >= 11 is 0. The van der Waals surface area contributed by atoms with Gasteiger partial charge in [0.15, 0.2) is 5.76 Å². The smallest absolute Gasteiger partial charge is 0.259 e. The Morgan fingerprint density at radius 3 is 2.55 bits per heavy atom. The molecule has 4 rings (SSSR count). The first-order chi connectivity index (χ1) is 15.0. The SMILES string of the molecule is COCCN(C)c1ccc(CCN(C)c2nc(N)n3nc(-c4ccco4)nc3n2)cc1. The first kappa shape index (κ1) is 20.6. The van der Waals surface area contributed by atoms with Gasteiger partial charge in [-0.3, -0.25) is 0 Å². The van der Waals surface area contributed by atoms with Gasteiger partial charge in [0, 0.05) is 40.0 Å². The number of benzene rings is 1. The monoisotopic (exact) mass is 422 g/mol. The van der Waals surface area contributed by atoms with E-state index in [2.05, 4.69) is 56.3 Å². The molecule has 0 aliphatic carbocycles. The number of furan rings is 1. The molecule has 0 aliphatic heterocycles. The van der Waals surface area contributed by atoms with Crippen molar-refractivity contribution >= 4 is 23.4 Å². The molecule has 0 spiro atoms. The lowest BCUT2D eigenvalue weighted by atomic mass is 10.1. The third-order valence-corrected chi connectivity index (χ3v) is 5.05. The van der Waals surface area contributed by atoms with Crippen LogP contribution in [0.2, 0.25) is 0 Å². The molecule has 10 nitrogen and oxygen atoms in total. The molecule has 3 aromatic heterocycles. The Hall–Kier alpha value is -3.66. The van der Waals surface area contributed by atoms with Crippen LogP contribution in [0.3, 0.4) is 0 Å². The first-order valence-electron chi connectivity index (χ1n) is 9.99. The van der Waals surface area contributed by atoms with E-state index in [4.69, 9.17) is 14.9 Å². The van der Waals surface area contributed by atoms with E-state index >= 15 is 0 Å². The number of nitrogen functional groups attached to an aromatic ring is 1. The summed E-state index contributed by atoms with van der Waals surface area (Å²) in [5, 5.41) is 4.32. The number of hydrogen-bond donors (Lipinski definition) is 1. The summed E-state index contributed by atoms with van der Waals surface area (Å²) in [7, 11) is 5.70. The minimum atomic E-state index is 0.223. The minimum absolute atomic E-state index is 0.223. The van der Waals surface area contributed by atoms with Crippen LogP contribution in [0.5, 0.6) is 0 Å². The molecular weight excluding hydrogens is 396 g/mol. The van der Waals surface area contributed by atoms with E-state index in [0.29, 0.717) is 29.9 Å². The zero-order valence-corrected chi connectivity index (χ0v) is 17.9. The van der Waals surface area contributed by atoms with Crippen LogP contribution >= 0.6 is 0 Å². The highest BCUT2D eigenvalue weighted by Crippen LogP contribution is 2.19. The highest BCUT2D eigenvalue weighted by molar-refractivity contribution is 5.53. The van der Waals surface area contributed by atoms with Gasteiger partial charge in [0.1, 0.15) is 0 Å². The lowest BCUT2D eigenvalue weighted by Gasteiger charge is -2.20. The molecule has 0 amide bonds. The molecule has 31 heavy (non-hydrogen) atoms. The fourth-order valence-corrected chi connectivity index (χ4v) is 3.15. The van der Waals surface area contributed by atoms with Crippen LogP contribution in [0, 0.1) is 0 Å². The quantitative estimate of drug-likeness (QED) is 0.433. The van der Waals surface area contributed by atoms with Gasteiger partial charge in [0.05, 0.1) is 12.9 Å². The molecule has 0 fully saturated rings. The van der Waals surface area contributed by atoms with E-state index < -0.39 is 0 Å². The van der Waals surface area contributed by atoms with Gasteiger partial charge in [-0.2, -0.15) is 19.5 Å². The van der Waals surface area contributed by atoms with Gasteiger partial charge in [-0.1, -0.05) is 12.1 Å². The van der Waals surface area contributed by atoms with Crippen molar-refractivity contribution in [1.29, 1.82) is 0 Å². The van der Waals surface area contributed by atoms with Crippen molar-refractivity contribution in [3.05, 3.63) is 48.2 Å². The summed E-state index contributed by atoms with van der Waals surface area (Å²) in [6.45, 7) is 2.28. The molecule has 2 N–H and O–H groups in total. The topological polar surface area (TPSA) is 111 Å². The predicted molar refractivity (Wildman–Crippen MR) is 119 cm³/mol. The second kappa shape index (κ2) is 9.00. The van der Waals surface area contributed by atoms with E-state index in [1.807, 2.05) is 11.9 Å². The normalized spacial score (nSPS) is 11.2. The Bertz CT molecular complexity index is 1120. The van der Waals surface area contributed by atoms with Crippen molar-refractivity contribution in [2.75, 3.05) is 56.4 Å². The number of methoxy groups -OCH3 is 1. The van der Waals surface area contributed by atoms with Gasteiger partial charge in [-0.05, 0) is 36.2 Å².